The van der Waals surface area contributed by atoms with Crippen LogP contribution in [-0.2, 0) is 29.0 Å². The van der Waals surface area contributed by atoms with Crippen LogP contribution in [0.2, 0.25) is 0 Å². The molecule has 0 saturated carbocycles. The number of rotatable bonds is 12. The average Bonchev–Trinajstić information content (AvgIpc) is 3.63. The Morgan fingerprint density at radius 2 is 1.77 bits per heavy atom. The summed E-state index contributed by atoms with van der Waals surface area (Å²) in [6.45, 7) is 5.45. The average molecular weight is 571 g/mol. The molecule has 1 saturated heterocycles. The van der Waals surface area contributed by atoms with Crippen molar-refractivity contribution in [2.75, 3.05) is 13.7 Å². The quantitative estimate of drug-likeness (QED) is 0.148. The van der Waals surface area contributed by atoms with Gasteiger partial charge in [0.1, 0.15) is 11.5 Å². The summed E-state index contributed by atoms with van der Waals surface area (Å²) >= 11 is 1.56. The highest BCUT2D eigenvalue weighted by Crippen LogP contribution is 2.28. The first-order valence-corrected chi connectivity index (χ1v) is 13.9. The lowest BCUT2D eigenvalue weighted by Gasteiger charge is -2.16. The number of amides is 3. The van der Waals surface area contributed by atoms with E-state index in [2.05, 4.69) is 16.5 Å². The summed E-state index contributed by atoms with van der Waals surface area (Å²) < 4.78 is 6.90. The van der Waals surface area contributed by atoms with Gasteiger partial charge in [0.05, 0.1) is 31.1 Å². The molecule has 0 radical (unpaired) electrons. The highest BCUT2D eigenvalue weighted by molar-refractivity contribution is 7.09. The molecule has 1 aromatic carbocycles. The van der Waals surface area contributed by atoms with Gasteiger partial charge in [0, 0.05) is 24.4 Å². The number of thiophene rings is 1. The molecule has 0 N–H and O–H groups in total. The monoisotopic (exact) mass is 570 g/mol. The molecule has 8 nitrogen and oxygen atoms in total. The molecule has 0 atom stereocenters. The number of benzene rings is 1. The Kier molecular flexibility index (Phi) is 10.9. The fourth-order valence-electron chi connectivity index (χ4n) is 4.40. The minimum absolute atomic E-state index is 0. The minimum atomic E-state index is -0.379. The molecule has 2 aromatic heterocycles. The number of ether oxygens (including phenoxy) is 1. The second kappa shape index (κ2) is 14.1. The Bertz CT molecular complexity index is 1300. The van der Waals surface area contributed by atoms with Crippen LogP contribution in [0.15, 0.2) is 53.7 Å². The van der Waals surface area contributed by atoms with E-state index >= 15 is 0 Å². The number of aryl methyl sites for hydroxylation is 1. The van der Waals surface area contributed by atoms with Crippen LogP contribution >= 0.6 is 23.7 Å². The zero-order valence-corrected chi connectivity index (χ0v) is 24.2. The van der Waals surface area contributed by atoms with Crippen LogP contribution in [0, 0.1) is 0 Å². The van der Waals surface area contributed by atoms with Gasteiger partial charge in [-0.05, 0) is 48.1 Å². The van der Waals surface area contributed by atoms with Crippen LogP contribution in [0.1, 0.15) is 71.8 Å². The van der Waals surface area contributed by atoms with Crippen LogP contribution in [0.25, 0.3) is 6.08 Å². The van der Waals surface area contributed by atoms with Crippen LogP contribution in [0.3, 0.4) is 0 Å². The smallest absolute Gasteiger partial charge is 0.337 e. The topological polar surface area (TPSA) is 84.7 Å². The first kappa shape index (κ1) is 30.1. The summed E-state index contributed by atoms with van der Waals surface area (Å²) in [5, 5.41) is 1.97. The van der Waals surface area contributed by atoms with Gasteiger partial charge in [-0.15, -0.1) is 23.7 Å². The number of nitrogens with zero attached hydrogens (tertiary/aromatic N) is 4. The van der Waals surface area contributed by atoms with Crippen molar-refractivity contribution in [2.45, 2.75) is 59.0 Å². The van der Waals surface area contributed by atoms with E-state index in [-0.39, 0.29) is 30.3 Å². The Hall–Kier alpha value is -3.43. The molecule has 3 aromatic rings. The minimum Gasteiger partial charge on any atom is -0.465 e. The molecule has 1 aliphatic heterocycles. The van der Waals surface area contributed by atoms with Gasteiger partial charge in [-0.2, -0.15) is 0 Å². The summed E-state index contributed by atoms with van der Waals surface area (Å²) in [7, 11) is 1.36. The normalized spacial score (nSPS) is 14.3. The van der Waals surface area contributed by atoms with Crippen molar-refractivity contribution in [1.82, 2.24) is 19.4 Å². The number of esters is 1. The largest absolute Gasteiger partial charge is 0.465 e. The van der Waals surface area contributed by atoms with Crippen molar-refractivity contribution in [1.29, 1.82) is 0 Å². The van der Waals surface area contributed by atoms with Crippen molar-refractivity contribution < 1.29 is 19.1 Å². The van der Waals surface area contributed by atoms with Gasteiger partial charge >= 0.3 is 12.0 Å². The molecule has 3 heterocycles. The molecule has 1 fully saturated rings. The molecular formula is C29H35ClN4O4S. The summed E-state index contributed by atoms with van der Waals surface area (Å²) in [6.07, 6.45) is 8.05. The maximum atomic E-state index is 13.5. The SMILES string of the molecule is CCCCc1ncc(C=C2C(=O)N(CCCC)C(=O)N2Cc2cccs2)n1Cc1ccc(C(=O)OC)cc1.Cl. The molecule has 3 amide bonds. The summed E-state index contributed by atoms with van der Waals surface area (Å²) in [4.78, 5) is 47.3. The van der Waals surface area contributed by atoms with Crippen LogP contribution in [-0.4, -0.2) is 50.9 Å². The number of methoxy groups -OCH3 is 1. The molecule has 208 valence electrons. The van der Waals surface area contributed by atoms with Gasteiger partial charge in [-0.1, -0.05) is 44.9 Å². The molecule has 0 aliphatic carbocycles. The number of carbonyl (C=O) groups excluding carboxylic acids is 3. The first-order valence-electron chi connectivity index (χ1n) is 13.1. The molecule has 1 aliphatic rings. The third-order valence-corrected chi connectivity index (χ3v) is 7.43. The summed E-state index contributed by atoms with van der Waals surface area (Å²) in [6, 6.07) is 10.9. The number of halogens is 1. The maximum absolute atomic E-state index is 13.5. The van der Waals surface area contributed by atoms with E-state index in [1.807, 2.05) is 36.6 Å². The number of imide groups is 1. The summed E-state index contributed by atoms with van der Waals surface area (Å²) in [5.41, 5.74) is 2.60. The lowest BCUT2D eigenvalue weighted by atomic mass is 10.1. The predicted molar refractivity (Wildman–Crippen MR) is 155 cm³/mol. The van der Waals surface area contributed by atoms with E-state index in [4.69, 9.17) is 4.74 Å². The van der Waals surface area contributed by atoms with Crippen molar-refractivity contribution in [3.8, 4) is 0 Å². The number of urea groups is 1. The Morgan fingerprint density at radius 3 is 2.41 bits per heavy atom. The highest BCUT2D eigenvalue weighted by Gasteiger charge is 2.40. The lowest BCUT2D eigenvalue weighted by Crippen LogP contribution is -2.33. The number of aromatic nitrogens is 2. The molecule has 10 heteroatoms. The van der Waals surface area contributed by atoms with Gasteiger partial charge in [0.2, 0.25) is 0 Å². The van der Waals surface area contributed by atoms with E-state index in [1.54, 1.807) is 40.6 Å². The standard InChI is InChI=1S/C29H34N4O4S.ClH/c1-4-6-10-26-30-18-23(32(26)19-21-11-13-22(14-12-21)28(35)37-3)17-25-27(34)31(15-7-5-2)29(36)33(25)20-24-9-8-16-38-24;/h8-9,11-14,16-18H,4-7,10,15,19-20H2,1-3H3;1H. The maximum Gasteiger partial charge on any atom is 0.337 e. The fraction of sp³-hybridized carbons (Fsp3) is 0.379. The zero-order chi connectivity index (χ0) is 27.1. The number of imidazole rings is 1. The van der Waals surface area contributed by atoms with E-state index < -0.39 is 0 Å². The van der Waals surface area contributed by atoms with E-state index in [9.17, 15) is 14.4 Å². The summed E-state index contributed by atoms with van der Waals surface area (Å²) in [5.74, 6) is 0.265. The molecule has 0 spiro atoms. The second-order valence-corrected chi connectivity index (χ2v) is 10.3. The van der Waals surface area contributed by atoms with Crippen LogP contribution in [0.4, 0.5) is 4.79 Å². The highest BCUT2D eigenvalue weighted by atomic mass is 35.5. The number of unbranched alkanes of at least 4 members (excludes halogenated alkanes) is 2. The predicted octanol–water partition coefficient (Wildman–Crippen LogP) is 6.15. The van der Waals surface area contributed by atoms with Crippen LogP contribution < -0.4 is 0 Å². The first-order chi connectivity index (χ1) is 18.5. The third-order valence-electron chi connectivity index (χ3n) is 6.57. The van der Waals surface area contributed by atoms with Gasteiger partial charge < -0.3 is 9.30 Å². The molecule has 0 unspecified atom stereocenters. The van der Waals surface area contributed by atoms with Crippen LogP contribution in [0.5, 0.6) is 0 Å². The van der Waals surface area contributed by atoms with E-state index in [1.165, 1.54) is 12.0 Å². The second-order valence-electron chi connectivity index (χ2n) is 9.27. The zero-order valence-electron chi connectivity index (χ0n) is 22.6. The number of carbonyl (C=O) groups is 3. The van der Waals surface area contributed by atoms with Crippen molar-refractivity contribution in [2.24, 2.45) is 0 Å². The van der Waals surface area contributed by atoms with Crippen molar-refractivity contribution in [3.63, 3.8) is 0 Å². The molecule has 0 bridgehead atoms. The lowest BCUT2D eigenvalue weighted by molar-refractivity contribution is -0.123. The molecule has 4 rings (SSSR count). The molecular weight excluding hydrogens is 536 g/mol. The third kappa shape index (κ3) is 6.96. The fourth-order valence-corrected chi connectivity index (χ4v) is 5.09. The number of hydrogen-bond acceptors (Lipinski definition) is 6. The van der Waals surface area contributed by atoms with E-state index in [0.29, 0.717) is 30.9 Å². The van der Waals surface area contributed by atoms with Gasteiger partial charge in [-0.25, -0.2) is 14.6 Å². The number of hydrogen-bond donors (Lipinski definition) is 0. The Morgan fingerprint density at radius 1 is 1.03 bits per heavy atom. The van der Waals surface area contributed by atoms with Crippen molar-refractivity contribution >= 4 is 47.7 Å². The van der Waals surface area contributed by atoms with Gasteiger partial charge in [0.25, 0.3) is 5.91 Å². The van der Waals surface area contributed by atoms with Gasteiger partial charge in [-0.3, -0.25) is 14.6 Å². The Balaban J connectivity index is 0.00000420. The van der Waals surface area contributed by atoms with Crippen molar-refractivity contribution in [3.05, 3.63) is 81.2 Å². The Labute approximate surface area is 239 Å². The van der Waals surface area contributed by atoms with Gasteiger partial charge in [0.15, 0.2) is 0 Å². The van der Waals surface area contributed by atoms with E-state index in [0.717, 1.165) is 54.1 Å². The molecule has 39 heavy (non-hydrogen) atoms.